The summed E-state index contributed by atoms with van der Waals surface area (Å²) >= 11 is 0. The van der Waals surface area contributed by atoms with Crippen molar-refractivity contribution in [3.63, 3.8) is 0 Å². The molecule has 12 heteroatoms. The predicted molar refractivity (Wildman–Crippen MR) is 167 cm³/mol. The van der Waals surface area contributed by atoms with Gasteiger partial charge in [-0.2, -0.15) is 0 Å². The van der Waals surface area contributed by atoms with Crippen LogP contribution in [0.5, 0.6) is 17.4 Å². The molecule has 1 saturated heterocycles. The van der Waals surface area contributed by atoms with E-state index in [0.717, 1.165) is 40.6 Å². The molecule has 6 rings (SSSR count). The maximum atomic E-state index is 13.4. The number of likely N-dealkylation sites (tertiary alicyclic amines) is 1. The van der Waals surface area contributed by atoms with Crippen molar-refractivity contribution in [1.82, 2.24) is 23.8 Å². The first-order valence-corrected chi connectivity index (χ1v) is 14.4. The predicted octanol–water partition coefficient (Wildman–Crippen LogP) is 3.83. The number of piperidine rings is 1. The molecule has 0 unspecified atom stereocenters. The van der Waals surface area contributed by atoms with Gasteiger partial charge in [0.25, 0.3) is 5.91 Å². The molecular weight excluding hydrogens is 562 g/mol. The molecule has 0 radical (unpaired) electrons. The van der Waals surface area contributed by atoms with E-state index in [-0.39, 0.29) is 24.3 Å². The Morgan fingerprint density at radius 2 is 1.80 bits per heavy atom. The number of rotatable bonds is 8. The number of ether oxygens (including phenoxy) is 3. The van der Waals surface area contributed by atoms with E-state index in [1.807, 2.05) is 63.5 Å². The molecule has 2 aromatic carbocycles. The summed E-state index contributed by atoms with van der Waals surface area (Å²) in [6.07, 6.45) is 5.11. The third kappa shape index (κ3) is 4.96. The Hall–Kier alpha value is -5.10. The van der Waals surface area contributed by atoms with Crippen molar-refractivity contribution in [2.45, 2.75) is 18.8 Å². The van der Waals surface area contributed by atoms with Gasteiger partial charge < -0.3 is 34.7 Å². The van der Waals surface area contributed by atoms with Crippen LogP contribution in [0.4, 0.5) is 5.69 Å². The number of carbonyl (C=O) groups is 2. The summed E-state index contributed by atoms with van der Waals surface area (Å²) in [7, 11) is 6.60. The molecule has 1 aliphatic heterocycles. The smallest absolute Gasteiger partial charge is 0.272 e. The number of benzene rings is 2. The van der Waals surface area contributed by atoms with E-state index in [9.17, 15) is 9.59 Å². The van der Waals surface area contributed by atoms with Crippen molar-refractivity contribution < 1.29 is 23.8 Å². The molecule has 0 atom stereocenters. The average molecular weight is 598 g/mol. The minimum absolute atomic E-state index is 0.0129. The molecule has 0 bridgehead atoms. The Balaban J connectivity index is 1.34. The second-order valence-electron chi connectivity index (χ2n) is 10.7. The van der Waals surface area contributed by atoms with Crippen LogP contribution in [0.25, 0.3) is 27.7 Å². The van der Waals surface area contributed by atoms with Crippen molar-refractivity contribution >= 4 is 33.9 Å². The standard InChI is InChI=1S/C32H35N7O5/c1-37-23-6-5-7-25(42-2)21(23)17-24(37)31(41)35-22-9-8-20(16-26(22)43-3)28-29-32(44-4)34-12-15-39(29)30(36-28)19-10-13-38(14-11-19)27(40)18-33/h5-9,12,15-17,19H,10-11,13-14,18,33H2,1-4H3,(H,35,41). The average Bonchev–Trinajstić information content (AvgIpc) is 3.63. The Morgan fingerprint density at radius 1 is 1.02 bits per heavy atom. The van der Waals surface area contributed by atoms with Crippen molar-refractivity contribution in [3.8, 4) is 28.6 Å². The Labute approximate surface area is 254 Å². The van der Waals surface area contributed by atoms with Gasteiger partial charge in [-0.3, -0.25) is 14.0 Å². The Kier molecular flexibility index (Phi) is 7.83. The van der Waals surface area contributed by atoms with E-state index in [0.29, 0.717) is 47.5 Å². The van der Waals surface area contributed by atoms with E-state index >= 15 is 0 Å². The molecule has 0 saturated carbocycles. The molecule has 3 aromatic heterocycles. The first-order valence-electron chi connectivity index (χ1n) is 14.4. The number of nitrogens with one attached hydrogen (secondary N) is 1. The monoisotopic (exact) mass is 597 g/mol. The van der Waals surface area contributed by atoms with Gasteiger partial charge in [0.2, 0.25) is 11.8 Å². The lowest BCUT2D eigenvalue weighted by molar-refractivity contribution is -0.130. The summed E-state index contributed by atoms with van der Waals surface area (Å²) in [6, 6.07) is 13.1. The van der Waals surface area contributed by atoms with Crippen LogP contribution in [0.15, 0.2) is 54.9 Å². The summed E-state index contributed by atoms with van der Waals surface area (Å²) in [5.41, 5.74) is 9.66. The molecule has 12 nitrogen and oxygen atoms in total. The lowest BCUT2D eigenvalue weighted by atomic mass is 9.96. The van der Waals surface area contributed by atoms with Gasteiger partial charge in [0.05, 0.1) is 39.1 Å². The summed E-state index contributed by atoms with van der Waals surface area (Å²) in [6.45, 7) is 1.26. The zero-order valence-electron chi connectivity index (χ0n) is 25.2. The van der Waals surface area contributed by atoms with Crippen LogP contribution in [-0.4, -0.2) is 76.6 Å². The number of aryl methyl sites for hydroxylation is 1. The zero-order valence-corrected chi connectivity index (χ0v) is 25.2. The van der Waals surface area contributed by atoms with Gasteiger partial charge in [-0.25, -0.2) is 9.97 Å². The van der Waals surface area contributed by atoms with Crippen LogP contribution in [-0.2, 0) is 11.8 Å². The molecule has 3 N–H and O–H groups in total. The van der Waals surface area contributed by atoms with Crippen LogP contribution in [0.2, 0.25) is 0 Å². The van der Waals surface area contributed by atoms with E-state index in [2.05, 4.69) is 10.3 Å². The van der Waals surface area contributed by atoms with E-state index < -0.39 is 0 Å². The van der Waals surface area contributed by atoms with Crippen LogP contribution in [0.1, 0.15) is 35.1 Å². The fraction of sp³-hybridized carbons (Fsp3) is 0.312. The van der Waals surface area contributed by atoms with Crippen molar-refractivity contribution in [2.24, 2.45) is 12.8 Å². The Bertz CT molecular complexity index is 1870. The fourth-order valence-electron chi connectivity index (χ4n) is 6.05. The molecule has 5 aromatic rings. The number of fused-ring (bicyclic) bond motifs is 2. The molecule has 2 amide bonds. The number of amides is 2. The maximum absolute atomic E-state index is 13.4. The summed E-state index contributed by atoms with van der Waals surface area (Å²) in [5, 5.41) is 3.85. The highest BCUT2D eigenvalue weighted by molar-refractivity contribution is 6.08. The summed E-state index contributed by atoms with van der Waals surface area (Å²) in [5.74, 6) is 2.30. The van der Waals surface area contributed by atoms with Crippen molar-refractivity contribution in [1.29, 1.82) is 0 Å². The number of anilines is 1. The second kappa shape index (κ2) is 11.9. The fourth-order valence-corrected chi connectivity index (χ4v) is 6.05. The first kappa shape index (κ1) is 29.0. The van der Waals surface area contributed by atoms with Crippen molar-refractivity contribution in [2.75, 3.05) is 46.3 Å². The summed E-state index contributed by atoms with van der Waals surface area (Å²) < 4.78 is 20.7. The minimum Gasteiger partial charge on any atom is -0.496 e. The number of aromatic nitrogens is 4. The van der Waals surface area contributed by atoms with Crippen LogP contribution < -0.4 is 25.3 Å². The molecule has 0 aliphatic carbocycles. The lowest BCUT2D eigenvalue weighted by Gasteiger charge is -2.31. The number of nitrogens with zero attached hydrogens (tertiary/aromatic N) is 5. The zero-order chi connectivity index (χ0) is 31.0. The summed E-state index contributed by atoms with van der Waals surface area (Å²) in [4.78, 5) is 36.9. The number of imidazole rings is 1. The van der Waals surface area contributed by atoms with Crippen LogP contribution in [0, 0.1) is 0 Å². The quantitative estimate of drug-likeness (QED) is 0.275. The third-order valence-corrected chi connectivity index (χ3v) is 8.35. The first-order chi connectivity index (χ1) is 21.4. The molecular formula is C32H35N7O5. The van der Waals surface area contributed by atoms with Gasteiger partial charge in [0, 0.05) is 49.4 Å². The molecule has 228 valence electrons. The van der Waals surface area contributed by atoms with Crippen LogP contribution >= 0.6 is 0 Å². The minimum atomic E-state index is -0.281. The van der Waals surface area contributed by atoms with Gasteiger partial charge in [0.15, 0.2) is 0 Å². The highest BCUT2D eigenvalue weighted by atomic mass is 16.5. The van der Waals surface area contributed by atoms with Crippen molar-refractivity contribution in [3.05, 3.63) is 66.4 Å². The van der Waals surface area contributed by atoms with Gasteiger partial charge in [-0.05, 0) is 43.2 Å². The third-order valence-electron chi connectivity index (χ3n) is 8.35. The number of carbonyl (C=O) groups excluding carboxylic acids is 2. The molecule has 1 fully saturated rings. The normalized spacial score (nSPS) is 13.8. The van der Waals surface area contributed by atoms with E-state index in [1.54, 1.807) is 33.6 Å². The number of hydrogen-bond donors (Lipinski definition) is 2. The van der Waals surface area contributed by atoms with Gasteiger partial charge in [-0.1, -0.05) is 12.1 Å². The highest BCUT2D eigenvalue weighted by Gasteiger charge is 2.29. The van der Waals surface area contributed by atoms with Crippen LogP contribution in [0.3, 0.4) is 0 Å². The molecule has 1 aliphatic rings. The van der Waals surface area contributed by atoms with E-state index in [4.69, 9.17) is 24.9 Å². The van der Waals surface area contributed by atoms with Gasteiger partial charge >= 0.3 is 0 Å². The maximum Gasteiger partial charge on any atom is 0.272 e. The molecule has 0 spiro atoms. The molecule has 44 heavy (non-hydrogen) atoms. The highest BCUT2D eigenvalue weighted by Crippen LogP contribution is 2.38. The SMILES string of the molecule is COc1cc(-c2nc(C3CCN(C(=O)CN)CC3)n3ccnc(OC)c23)ccc1NC(=O)c1cc2c(OC)cccc2n1C. The lowest BCUT2D eigenvalue weighted by Crippen LogP contribution is -2.41. The number of methoxy groups -OCH3 is 3. The number of nitrogens with two attached hydrogens (primary N) is 1. The largest absolute Gasteiger partial charge is 0.496 e. The topological polar surface area (TPSA) is 138 Å². The molecule has 4 heterocycles. The Morgan fingerprint density at radius 3 is 2.50 bits per heavy atom. The second-order valence-corrected chi connectivity index (χ2v) is 10.7. The van der Waals surface area contributed by atoms with Gasteiger partial charge in [0.1, 0.15) is 34.2 Å². The van der Waals surface area contributed by atoms with Gasteiger partial charge in [-0.15, -0.1) is 0 Å². The number of hydrogen-bond acceptors (Lipinski definition) is 8. The van der Waals surface area contributed by atoms with E-state index in [1.165, 1.54) is 0 Å².